The molecule has 100 valence electrons. The third-order valence-electron chi connectivity index (χ3n) is 2.99. The Bertz CT molecular complexity index is 712. The Kier molecular flexibility index (Phi) is 3.54. The van der Waals surface area contributed by atoms with E-state index in [1.165, 1.54) is 11.3 Å². The van der Waals surface area contributed by atoms with Gasteiger partial charge in [-0.15, -0.1) is 11.3 Å². The topological polar surface area (TPSA) is 58.9 Å². The number of aliphatic hydroxyl groups excluding tert-OH is 1. The van der Waals surface area contributed by atoms with Crippen LogP contribution in [0.2, 0.25) is 0 Å². The van der Waals surface area contributed by atoms with Crippen LogP contribution in [0.4, 0.5) is 0 Å². The maximum Gasteiger partial charge on any atom is 0.131 e. The number of hydrogen-bond donors (Lipinski definition) is 1. The Hall–Kier alpha value is -2.11. The van der Waals surface area contributed by atoms with Crippen molar-refractivity contribution in [3.8, 4) is 11.4 Å². The van der Waals surface area contributed by atoms with Gasteiger partial charge in [-0.1, -0.05) is 30.3 Å². The minimum Gasteiger partial charge on any atom is -0.381 e. The summed E-state index contributed by atoms with van der Waals surface area (Å²) in [5, 5.41) is 12.9. The Balaban J connectivity index is 1.93. The largest absolute Gasteiger partial charge is 0.381 e. The summed E-state index contributed by atoms with van der Waals surface area (Å²) in [7, 11) is 0. The number of aryl methyl sites for hydroxylation is 1. The van der Waals surface area contributed by atoms with Crippen molar-refractivity contribution >= 4 is 11.3 Å². The van der Waals surface area contributed by atoms with Gasteiger partial charge in [0.25, 0.3) is 0 Å². The van der Waals surface area contributed by atoms with Crippen LogP contribution in [0.15, 0.2) is 48.1 Å². The first-order valence-electron chi connectivity index (χ1n) is 6.22. The molecule has 0 aliphatic rings. The van der Waals surface area contributed by atoms with Crippen LogP contribution in [0.1, 0.15) is 22.4 Å². The van der Waals surface area contributed by atoms with E-state index in [9.17, 15) is 5.11 Å². The lowest BCUT2D eigenvalue weighted by Crippen LogP contribution is -1.99. The molecule has 0 saturated heterocycles. The summed E-state index contributed by atoms with van der Waals surface area (Å²) in [4.78, 5) is 13.0. The summed E-state index contributed by atoms with van der Waals surface area (Å²) < 4.78 is 0. The standard InChI is InChI=1S/C15H13N3OS/c1-10-13(17-8-7-16-10)12-9-20-15(18-12)14(19)11-5-3-2-4-6-11/h2-9,14,19H,1H3. The van der Waals surface area contributed by atoms with Gasteiger partial charge < -0.3 is 5.11 Å². The summed E-state index contributed by atoms with van der Waals surface area (Å²) >= 11 is 1.43. The van der Waals surface area contributed by atoms with Gasteiger partial charge in [-0.3, -0.25) is 9.97 Å². The molecule has 3 rings (SSSR count). The zero-order valence-electron chi connectivity index (χ0n) is 10.9. The maximum atomic E-state index is 10.3. The van der Waals surface area contributed by atoms with Gasteiger partial charge in [0.15, 0.2) is 0 Å². The number of thiazole rings is 1. The van der Waals surface area contributed by atoms with Crippen LogP contribution >= 0.6 is 11.3 Å². The van der Waals surface area contributed by atoms with Gasteiger partial charge in [0.1, 0.15) is 22.5 Å². The summed E-state index contributed by atoms with van der Waals surface area (Å²) in [5.41, 5.74) is 3.18. The second-order valence-electron chi connectivity index (χ2n) is 4.37. The molecule has 2 heterocycles. The lowest BCUT2D eigenvalue weighted by atomic mass is 10.1. The van der Waals surface area contributed by atoms with Crippen molar-refractivity contribution in [3.63, 3.8) is 0 Å². The molecule has 0 aliphatic carbocycles. The van der Waals surface area contributed by atoms with Gasteiger partial charge in [0.2, 0.25) is 0 Å². The fourth-order valence-electron chi connectivity index (χ4n) is 1.96. The molecule has 4 nitrogen and oxygen atoms in total. The predicted octanol–water partition coefficient (Wildman–Crippen LogP) is 2.99. The monoisotopic (exact) mass is 283 g/mol. The van der Waals surface area contributed by atoms with Gasteiger partial charge >= 0.3 is 0 Å². The van der Waals surface area contributed by atoms with E-state index in [-0.39, 0.29) is 0 Å². The molecule has 1 aromatic carbocycles. The van der Waals surface area contributed by atoms with E-state index in [0.717, 1.165) is 22.6 Å². The second kappa shape index (κ2) is 5.48. The number of benzene rings is 1. The van der Waals surface area contributed by atoms with Crippen LogP contribution in [-0.4, -0.2) is 20.1 Å². The molecule has 0 spiro atoms. The van der Waals surface area contributed by atoms with Crippen molar-refractivity contribution in [1.82, 2.24) is 15.0 Å². The Labute approximate surface area is 120 Å². The van der Waals surface area contributed by atoms with Crippen LogP contribution in [0.3, 0.4) is 0 Å². The third kappa shape index (κ3) is 2.45. The van der Waals surface area contributed by atoms with Gasteiger partial charge in [-0.25, -0.2) is 4.98 Å². The average molecular weight is 283 g/mol. The highest BCUT2D eigenvalue weighted by molar-refractivity contribution is 7.10. The Morgan fingerprint density at radius 1 is 1.10 bits per heavy atom. The summed E-state index contributed by atoms with van der Waals surface area (Å²) in [6.07, 6.45) is 2.60. The number of aromatic nitrogens is 3. The van der Waals surface area contributed by atoms with E-state index in [0.29, 0.717) is 5.01 Å². The van der Waals surface area contributed by atoms with Gasteiger partial charge in [-0.2, -0.15) is 0 Å². The van der Waals surface area contributed by atoms with E-state index in [2.05, 4.69) is 15.0 Å². The molecule has 0 radical (unpaired) electrons. The van der Waals surface area contributed by atoms with Crippen molar-refractivity contribution in [2.45, 2.75) is 13.0 Å². The average Bonchev–Trinajstić information content (AvgIpc) is 2.97. The fraction of sp³-hybridized carbons (Fsp3) is 0.133. The molecule has 0 fully saturated rings. The van der Waals surface area contributed by atoms with Gasteiger partial charge in [-0.05, 0) is 12.5 Å². The number of rotatable bonds is 3. The fourth-order valence-corrected chi connectivity index (χ4v) is 2.77. The zero-order chi connectivity index (χ0) is 13.9. The van der Waals surface area contributed by atoms with E-state index < -0.39 is 6.10 Å². The Morgan fingerprint density at radius 3 is 2.60 bits per heavy atom. The molecule has 2 aromatic heterocycles. The van der Waals surface area contributed by atoms with Crippen molar-refractivity contribution in [2.24, 2.45) is 0 Å². The molecule has 0 amide bonds. The number of nitrogens with zero attached hydrogens (tertiary/aromatic N) is 3. The van der Waals surface area contributed by atoms with Crippen molar-refractivity contribution in [3.05, 3.63) is 64.4 Å². The van der Waals surface area contributed by atoms with Crippen molar-refractivity contribution < 1.29 is 5.11 Å². The smallest absolute Gasteiger partial charge is 0.131 e. The summed E-state index contributed by atoms with van der Waals surface area (Å²) in [6.45, 7) is 1.90. The molecule has 1 unspecified atom stereocenters. The third-order valence-corrected chi connectivity index (χ3v) is 3.89. The molecular weight excluding hydrogens is 270 g/mol. The van der Waals surface area contributed by atoms with Crippen LogP contribution < -0.4 is 0 Å². The first-order valence-corrected chi connectivity index (χ1v) is 7.10. The molecule has 20 heavy (non-hydrogen) atoms. The predicted molar refractivity (Wildman–Crippen MR) is 78.4 cm³/mol. The SMILES string of the molecule is Cc1nccnc1-c1csc(C(O)c2ccccc2)n1. The molecule has 0 saturated carbocycles. The number of hydrogen-bond acceptors (Lipinski definition) is 5. The first kappa shape index (κ1) is 12.9. The Morgan fingerprint density at radius 2 is 1.85 bits per heavy atom. The molecule has 1 N–H and O–H groups in total. The molecule has 5 heteroatoms. The van der Waals surface area contributed by atoms with Gasteiger partial charge in [0.05, 0.1) is 5.69 Å². The molecule has 0 aliphatic heterocycles. The van der Waals surface area contributed by atoms with Crippen molar-refractivity contribution in [1.29, 1.82) is 0 Å². The lowest BCUT2D eigenvalue weighted by Gasteiger charge is -2.06. The summed E-state index contributed by atoms with van der Waals surface area (Å²) in [5.74, 6) is 0. The first-order chi connectivity index (χ1) is 9.75. The normalized spacial score (nSPS) is 12.3. The van der Waals surface area contributed by atoms with Crippen LogP contribution in [-0.2, 0) is 0 Å². The minimum atomic E-state index is -0.702. The van der Waals surface area contributed by atoms with Crippen LogP contribution in [0.5, 0.6) is 0 Å². The molecule has 1 atom stereocenters. The van der Waals surface area contributed by atoms with E-state index in [1.807, 2.05) is 42.6 Å². The highest BCUT2D eigenvalue weighted by atomic mass is 32.1. The highest BCUT2D eigenvalue weighted by Gasteiger charge is 2.16. The molecule has 0 bridgehead atoms. The number of aliphatic hydroxyl groups is 1. The van der Waals surface area contributed by atoms with E-state index in [4.69, 9.17) is 0 Å². The highest BCUT2D eigenvalue weighted by Crippen LogP contribution is 2.28. The second-order valence-corrected chi connectivity index (χ2v) is 5.26. The molecule has 3 aromatic rings. The maximum absolute atomic E-state index is 10.3. The van der Waals surface area contributed by atoms with E-state index in [1.54, 1.807) is 12.4 Å². The zero-order valence-corrected chi connectivity index (χ0v) is 11.7. The van der Waals surface area contributed by atoms with Crippen molar-refractivity contribution in [2.75, 3.05) is 0 Å². The van der Waals surface area contributed by atoms with E-state index >= 15 is 0 Å². The lowest BCUT2D eigenvalue weighted by molar-refractivity contribution is 0.220. The van der Waals surface area contributed by atoms with Crippen LogP contribution in [0, 0.1) is 6.92 Å². The molecular formula is C15H13N3OS. The van der Waals surface area contributed by atoms with Gasteiger partial charge in [0, 0.05) is 17.8 Å². The summed E-state index contributed by atoms with van der Waals surface area (Å²) in [6, 6.07) is 9.50. The quantitative estimate of drug-likeness (QED) is 0.802. The minimum absolute atomic E-state index is 0.663. The van der Waals surface area contributed by atoms with Crippen LogP contribution in [0.25, 0.3) is 11.4 Å².